The van der Waals surface area contributed by atoms with Crippen molar-refractivity contribution in [1.29, 1.82) is 0 Å². The summed E-state index contributed by atoms with van der Waals surface area (Å²) < 4.78 is 40.0. The summed E-state index contributed by atoms with van der Waals surface area (Å²) in [6.45, 7) is -3.64. The molecule has 23 heavy (non-hydrogen) atoms. The Morgan fingerprint density at radius 2 is 1.70 bits per heavy atom. The number of anilines is 1. The van der Waals surface area contributed by atoms with Gasteiger partial charge in [-0.3, -0.25) is 14.5 Å². The quantitative estimate of drug-likeness (QED) is 0.440. The zero-order valence-electron chi connectivity index (χ0n) is 12.9. The summed E-state index contributed by atoms with van der Waals surface area (Å²) in [5.74, 6) is -5.33. The molecule has 0 saturated carbocycles. The first-order valence-electron chi connectivity index (χ1n) is 7.11. The van der Waals surface area contributed by atoms with E-state index in [1.54, 1.807) is 37.3 Å². The maximum absolute atomic E-state index is 13.3. The summed E-state index contributed by atoms with van der Waals surface area (Å²) in [4.78, 5) is 25.9. The van der Waals surface area contributed by atoms with Gasteiger partial charge in [-0.2, -0.15) is 0 Å². The number of amides is 2. The summed E-state index contributed by atoms with van der Waals surface area (Å²) in [6.07, 6.45) is 1.32. The molecule has 1 aliphatic heterocycles. The Kier molecular flexibility index (Phi) is 5.63. The second-order valence-electron chi connectivity index (χ2n) is 5.90. The van der Waals surface area contributed by atoms with Gasteiger partial charge in [0.25, 0.3) is 0 Å². The smallest absolute Gasteiger partial charge is 0.448 e. The molecule has 0 radical (unpaired) electrons. The molecule has 2 amide bonds. The van der Waals surface area contributed by atoms with Gasteiger partial charge < -0.3 is 12.9 Å². The largest absolute Gasteiger partial charge is 1.00 e. The molecule has 1 fully saturated rings. The first-order chi connectivity index (χ1) is 10.3. The molecule has 116 valence electrons. The van der Waals surface area contributed by atoms with E-state index in [4.69, 9.17) is 0 Å². The number of fused-ring (bicyclic) bond motifs is 1. The van der Waals surface area contributed by atoms with Crippen LogP contribution in [-0.4, -0.2) is 18.8 Å². The molecule has 3 atom stereocenters. The fourth-order valence-electron chi connectivity index (χ4n) is 3.42. The molecule has 1 heterocycles. The van der Waals surface area contributed by atoms with Crippen LogP contribution in [0, 0.1) is 11.8 Å². The van der Waals surface area contributed by atoms with Crippen molar-refractivity contribution in [2.45, 2.75) is 19.2 Å². The number of rotatable bonds is 2. The topological polar surface area (TPSA) is 37.4 Å². The monoisotopic (exact) mass is 347 g/mol. The second kappa shape index (κ2) is 6.84. The van der Waals surface area contributed by atoms with Crippen molar-refractivity contribution in [1.82, 2.24) is 0 Å². The molecule has 1 aromatic rings. The van der Waals surface area contributed by atoms with Gasteiger partial charge in [0.1, 0.15) is 0 Å². The molecule has 1 aromatic carbocycles. The maximum Gasteiger partial charge on any atom is 1.00 e. The minimum absolute atomic E-state index is 0. The second-order valence-corrected chi connectivity index (χ2v) is 5.90. The Bertz CT molecular complexity index is 662. The minimum Gasteiger partial charge on any atom is -0.448 e. The average Bonchev–Trinajstić information content (AvgIpc) is 2.70. The minimum atomic E-state index is -5.22. The van der Waals surface area contributed by atoms with E-state index in [1.807, 2.05) is 0 Å². The van der Waals surface area contributed by atoms with Crippen LogP contribution in [0.2, 0.25) is 5.82 Å². The molecule has 2 aliphatic rings. The molecular formula is C15H14BF3KNO2. The summed E-state index contributed by atoms with van der Waals surface area (Å²) in [7, 11) is 0. The number of nitrogens with zero attached hydrogens (tertiary/aromatic N) is 1. The third kappa shape index (κ3) is 3.37. The molecule has 1 saturated heterocycles. The van der Waals surface area contributed by atoms with E-state index in [0.717, 1.165) is 11.0 Å². The van der Waals surface area contributed by atoms with E-state index in [9.17, 15) is 22.5 Å². The van der Waals surface area contributed by atoms with Gasteiger partial charge in [0, 0.05) is 5.92 Å². The Hall–Kier alpha value is -0.409. The Balaban J connectivity index is 0.00000192. The number of carbonyl (C=O) groups excluding carboxylic acids is 2. The van der Waals surface area contributed by atoms with E-state index >= 15 is 0 Å². The molecule has 1 aliphatic carbocycles. The SMILES string of the molecule is CC1=C[C@@H]([B-](F)(F)F)[C@H]2C(=O)N(c3ccccc3)C(=O)[C@H]2C1.[K+]. The van der Waals surface area contributed by atoms with Gasteiger partial charge in [-0.05, 0) is 31.3 Å². The number of allylic oxidation sites excluding steroid dienone is 2. The Morgan fingerprint density at radius 1 is 1.09 bits per heavy atom. The van der Waals surface area contributed by atoms with Gasteiger partial charge >= 0.3 is 58.4 Å². The first-order valence-corrected chi connectivity index (χ1v) is 7.11. The third-order valence-electron chi connectivity index (χ3n) is 4.36. The van der Waals surface area contributed by atoms with Crippen molar-refractivity contribution < 1.29 is 73.9 Å². The number of hydrogen-bond donors (Lipinski definition) is 0. The van der Waals surface area contributed by atoms with Crippen molar-refractivity contribution in [3.63, 3.8) is 0 Å². The number of carbonyl (C=O) groups is 2. The number of para-hydroxylation sites is 1. The molecule has 8 heteroatoms. The molecule has 0 bridgehead atoms. The molecule has 3 nitrogen and oxygen atoms in total. The van der Waals surface area contributed by atoms with Crippen LogP contribution in [0.5, 0.6) is 0 Å². The number of benzene rings is 1. The van der Waals surface area contributed by atoms with Crippen LogP contribution < -0.4 is 56.3 Å². The van der Waals surface area contributed by atoms with Gasteiger partial charge in [0.05, 0.1) is 11.6 Å². The maximum atomic E-state index is 13.3. The van der Waals surface area contributed by atoms with Gasteiger partial charge in [-0.25, -0.2) is 0 Å². The van der Waals surface area contributed by atoms with Gasteiger partial charge in [-0.1, -0.05) is 23.8 Å². The fraction of sp³-hybridized carbons (Fsp3) is 0.333. The zero-order chi connectivity index (χ0) is 16.1. The van der Waals surface area contributed by atoms with Crippen LogP contribution in [0.15, 0.2) is 42.0 Å². The molecule has 0 N–H and O–H groups in total. The molecule has 0 aromatic heterocycles. The van der Waals surface area contributed by atoms with Gasteiger partial charge in [0.2, 0.25) is 11.8 Å². The predicted octanol–water partition coefficient (Wildman–Crippen LogP) is 0.364. The fourth-order valence-corrected chi connectivity index (χ4v) is 3.42. The van der Waals surface area contributed by atoms with Gasteiger partial charge in [0.15, 0.2) is 0 Å². The van der Waals surface area contributed by atoms with Crippen LogP contribution in [0.3, 0.4) is 0 Å². The van der Waals surface area contributed by atoms with E-state index in [2.05, 4.69) is 0 Å². The molecule has 3 rings (SSSR count). The van der Waals surface area contributed by atoms with E-state index in [-0.39, 0.29) is 57.8 Å². The predicted molar refractivity (Wildman–Crippen MR) is 77.1 cm³/mol. The Morgan fingerprint density at radius 3 is 2.26 bits per heavy atom. The average molecular weight is 347 g/mol. The summed E-state index contributed by atoms with van der Waals surface area (Å²) in [5, 5.41) is 0. The van der Waals surface area contributed by atoms with Crippen LogP contribution in [-0.2, 0) is 9.59 Å². The zero-order valence-corrected chi connectivity index (χ0v) is 16.0. The molecule has 0 spiro atoms. The van der Waals surface area contributed by atoms with Crippen LogP contribution in [0.1, 0.15) is 13.3 Å². The van der Waals surface area contributed by atoms with E-state index in [0.29, 0.717) is 11.3 Å². The standard InChI is InChI=1S/C15H14BF3NO2.K/c1-9-7-11-13(12(8-9)16(17,18)19)15(22)20(14(11)21)10-5-3-2-4-6-10;/h2-6,8,11-13H,7H2,1H3;/q-1;+1/t11-,12+,13-;/m0./s1. The number of halogens is 3. The van der Waals surface area contributed by atoms with Gasteiger partial charge in [-0.15, -0.1) is 6.08 Å². The van der Waals surface area contributed by atoms with Crippen molar-refractivity contribution in [2.75, 3.05) is 4.90 Å². The van der Waals surface area contributed by atoms with E-state index in [1.165, 1.54) is 0 Å². The molecule has 0 unspecified atom stereocenters. The van der Waals surface area contributed by atoms with Crippen molar-refractivity contribution in [3.8, 4) is 0 Å². The van der Waals surface area contributed by atoms with Crippen LogP contribution in [0.4, 0.5) is 18.6 Å². The van der Waals surface area contributed by atoms with Crippen molar-refractivity contribution in [2.24, 2.45) is 11.8 Å². The normalized spacial score (nSPS) is 27.4. The summed E-state index contributed by atoms with van der Waals surface area (Å²) in [6, 6.07) is 8.12. The number of imide groups is 1. The summed E-state index contributed by atoms with van der Waals surface area (Å²) in [5.41, 5.74) is 0.847. The van der Waals surface area contributed by atoms with Crippen LogP contribution >= 0.6 is 0 Å². The van der Waals surface area contributed by atoms with Crippen molar-refractivity contribution in [3.05, 3.63) is 42.0 Å². The van der Waals surface area contributed by atoms with Crippen molar-refractivity contribution >= 4 is 24.5 Å². The van der Waals surface area contributed by atoms with E-state index < -0.39 is 36.4 Å². The van der Waals surface area contributed by atoms with Crippen LogP contribution in [0.25, 0.3) is 0 Å². The summed E-state index contributed by atoms with van der Waals surface area (Å²) >= 11 is 0. The number of hydrogen-bond acceptors (Lipinski definition) is 2. The third-order valence-corrected chi connectivity index (χ3v) is 4.36. The molecular weight excluding hydrogens is 333 g/mol. The first kappa shape index (κ1) is 18.9. The Labute approximate surface area is 174 Å².